The molecule has 4 aromatic rings. The first-order valence-electron chi connectivity index (χ1n) is 7.75. The summed E-state index contributed by atoms with van der Waals surface area (Å²) in [6.07, 6.45) is 4.98. The van der Waals surface area contributed by atoms with Crippen molar-refractivity contribution in [3.8, 4) is 11.3 Å². The molecule has 0 aliphatic rings. The van der Waals surface area contributed by atoms with Crippen LogP contribution < -0.4 is 4.90 Å². The minimum absolute atomic E-state index is 0.356. The molecule has 2 aromatic heterocycles. The zero-order chi connectivity index (χ0) is 17.2. The number of aromatic nitrogens is 4. The lowest BCUT2D eigenvalue weighted by molar-refractivity contribution is 1.09. The van der Waals surface area contributed by atoms with Crippen molar-refractivity contribution in [3.05, 3.63) is 72.3 Å². The first-order valence-corrected chi connectivity index (χ1v) is 8.12. The number of benzene rings is 2. The summed E-state index contributed by atoms with van der Waals surface area (Å²) in [6.45, 7) is 0. The highest BCUT2D eigenvalue weighted by Gasteiger charge is 2.12. The highest BCUT2D eigenvalue weighted by molar-refractivity contribution is 6.31. The molecule has 0 spiro atoms. The fourth-order valence-electron chi connectivity index (χ4n) is 2.62. The summed E-state index contributed by atoms with van der Waals surface area (Å²) in [4.78, 5) is 19.5. The molecule has 0 N–H and O–H groups in total. The van der Waals surface area contributed by atoms with E-state index in [0.29, 0.717) is 11.0 Å². The molecule has 0 fully saturated rings. The van der Waals surface area contributed by atoms with Gasteiger partial charge in [-0.05, 0) is 18.2 Å². The molecule has 0 aliphatic heterocycles. The molecule has 122 valence electrons. The van der Waals surface area contributed by atoms with Gasteiger partial charge in [0, 0.05) is 30.7 Å². The monoisotopic (exact) mass is 347 g/mol. The van der Waals surface area contributed by atoms with Crippen molar-refractivity contribution in [2.75, 3.05) is 11.9 Å². The van der Waals surface area contributed by atoms with Crippen molar-refractivity contribution in [2.24, 2.45) is 0 Å². The third-order valence-corrected chi connectivity index (χ3v) is 4.20. The maximum atomic E-state index is 6.15. The molecule has 6 heteroatoms. The topological polar surface area (TPSA) is 54.8 Å². The van der Waals surface area contributed by atoms with E-state index in [2.05, 4.69) is 15.0 Å². The van der Waals surface area contributed by atoms with Crippen LogP contribution in [0.3, 0.4) is 0 Å². The minimum Gasteiger partial charge on any atom is -0.327 e. The maximum Gasteiger partial charge on any atom is 0.172 e. The summed E-state index contributed by atoms with van der Waals surface area (Å²) in [5.41, 5.74) is 4.43. The summed E-state index contributed by atoms with van der Waals surface area (Å²) >= 11 is 6.15. The molecule has 0 saturated heterocycles. The van der Waals surface area contributed by atoms with Crippen LogP contribution in [-0.2, 0) is 0 Å². The van der Waals surface area contributed by atoms with Gasteiger partial charge in [-0.25, -0.2) is 15.0 Å². The standard InChI is InChI=1S/C19H14ClN5/c1-25(19-18(20)21-9-10-22-19)14-7-8-15-16(11-14)24-17(12-23-15)13-5-3-2-4-6-13/h2-12H,1H3. The van der Waals surface area contributed by atoms with E-state index in [1.54, 1.807) is 18.6 Å². The van der Waals surface area contributed by atoms with Crippen molar-refractivity contribution in [3.63, 3.8) is 0 Å². The van der Waals surface area contributed by atoms with Crippen LogP contribution in [0.5, 0.6) is 0 Å². The van der Waals surface area contributed by atoms with Gasteiger partial charge in [0.25, 0.3) is 0 Å². The molecule has 0 amide bonds. The largest absolute Gasteiger partial charge is 0.327 e. The quantitative estimate of drug-likeness (QED) is 0.546. The van der Waals surface area contributed by atoms with Crippen LogP contribution in [0.25, 0.3) is 22.3 Å². The Kier molecular flexibility index (Phi) is 3.99. The molecule has 2 heterocycles. The van der Waals surface area contributed by atoms with Crippen molar-refractivity contribution in [1.82, 2.24) is 19.9 Å². The molecule has 25 heavy (non-hydrogen) atoms. The van der Waals surface area contributed by atoms with Gasteiger partial charge in [0.05, 0.1) is 22.9 Å². The van der Waals surface area contributed by atoms with Crippen molar-refractivity contribution in [1.29, 1.82) is 0 Å². The van der Waals surface area contributed by atoms with E-state index in [1.165, 1.54) is 0 Å². The molecule has 0 atom stereocenters. The van der Waals surface area contributed by atoms with E-state index in [0.717, 1.165) is 28.0 Å². The number of fused-ring (bicyclic) bond motifs is 1. The van der Waals surface area contributed by atoms with Crippen LogP contribution in [0.2, 0.25) is 5.15 Å². The van der Waals surface area contributed by atoms with Crippen LogP contribution in [0.4, 0.5) is 11.5 Å². The lowest BCUT2D eigenvalue weighted by Gasteiger charge is -2.19. The maximum absolute atomic E-state index is 6.15. The summed E-state index contributed by atoms with van der Waals surface area (Å²) in [7, 11) is 1.89. The SMILES string of the molecule is CN(c1ccc2ncc(-c3ccccc3)nc2c1)c1nccnc1Cl. The second kappa shape index (κ2) is 6.45. The van der Waals surface area contributed by atoms with Crippen LogP contribution >= 0.6 is 11.6 Å². The normalized spacial score (nSPS) is 10.8. The summed E-state index contributed by atoms with van der Waals surface area (Å²) in [5.74, 6) is 0.593. The van der Waals surface area contributed by atoms with Crippen LogP contribution in [0.1, 0.15) is 0 Å². The van der Waals surface area contributed by atoms with Crippen LogP contribution in [0.15, 0.2) is 67.1 Å². The summed E-state index contributed by atoms with van der Waals surface area (Å²) in [6, 6.07) is 15.9. The molecule has 0 unspecified atom stereocenters. The number of hydrogen-bond donors (Lipinski definition) is 0. The van der Waals surface area contributed by atoms with E-state index in [4.69, 9.17) is 16.6 Å². The molecule has 0 saturated carbocycles. The van der Waals surface area contributed by atoms with Gasteiger partial charge in [-0.1, -0.05) is 41.9 Å². The van der Waals surface area contributed by atoms with Crippen molar-refractivity contribution in [2.45, 2.75) is 0 Å². The van der Waals surface area contributed by atoms with Gasteiger partial charge in [0.2, 0.25) is 0 Å². The first-order chi connectivity index (χ1) is 12.2. The number of halogens is 1. The molecule has 0 radical (unpaired) electrons. The van der Waals surface area contributed by atoms with Crippen molar-refractivity contribution < 1.29 is 0 Å². The molecule has 5 nitrogen and oxygen atoms in total. The van der Waals surface area contributed by atoms with E-state index in [9.17, 15) is 0 Å². The Balaban J connectivity index is 1.78. The Labute approximate surface area is 150 Å². The highest BCUT2D eigenvalue weighted by Crippen LogP contribution is 2.29. The lowest BCUT2D eigenvalue weighted by atomic mass is 10.1. The Morgan fingerprint density at radius 1 is 0.880 bits per heavy atom. The van der Waals surface area contributed by atoms with Crippen LogP contribution in [-0.4, -0.2) is 27.0 Å². The fraction of sp³-hybridized carbons (Fsp3) is 0.0526. The van der Waals surface area contributed by atoms with Gasteiger partial charge in [0.15, 0.2) is 11.0 Å². The predicted octanol–water partition coefficient (Wildman–Crippen LogP) is 4.51. The zero-order valence-corrected chi connectivity index (χ0v) is 14.2. The smallest absolute Gasteiger partial charge is 0.172 e. The number of nitrogens with zero attached hydrogens (tertiary/aromatic N) is 5. The van der Waals surface area contributed by atoms with Gasteiger partial charge in [-0.2, -0.15) is 0 Å². The number of hydrogen-bond acceptors (Lipinski definition) is 5. The molecule has 0 bridgehead atoms. The Morgan fingerprint density at radius 3 is 2.48 bits per heavy atom. The highest BCUT2D eigenvalue weighted by atomic mass is 35.5. The lowest BCUT2D eigenvalue weighted by Crippen LogP contribution is -2.12. The van der Waals surface area contributed by atoms with Gasteiger partial charge < -0.3 is 4.90 Å². The minimum atomic E-state index is 0.356. The number of anilines is 2. The molecule has 0 aliphatic carbocycles. The molecular formula is C19H14ClN5. The third kappa shape index (κ3) is 3.02. The third-order valence-electron chi connectivity index (χ3n) is 3.94. The van der Waals surface area contributed by atoms with Gasteiger partial charge in [-0.15, -0.1) is 0 Å². The second-order valence-corrected chi connectivity index (χ2v) is 5.88. The molecule has 2 aromatic carbocycles. The molecular weight excluding hydrogens is 334 g/mol. The van der Waals surface area contributed by atoms with E-state index in [1.807, 2.05) is 60.5 Å². The average molecular weight is 348 g/mol. The Morgan fingerprint density at radius 2 is 1.68 bits per heavy atom. The average Bonchev–Trinajstić information content (AvgIpc) is 2.67. The van der Waals surface area contributed by atoms with Gasteiger partial charge in [0.1, 0.15) is 0 Å². The predicted molar refractivity (Wildman–Crippen MR) is 100 cm³/mol. The van der Waals surface area contributed by atoms with Gasteiger partial charge >= 0.3 is 0 Å². The second-order valence-electron chi connectivity index (χ2n) is 5.52. The van der Waals surface area contributed by atoms with E-state index < -0.39 is 0 Å². The Bertz CT molecular complexity index is 1040. The summed E-state index contributed by atoms with van der Waals surface area (Å²) < 4.78 is 0. The molecule has 4 rings (SSSR count). The fourth-order valence-corrected chi connectivity index (χ4v) is 2.85. The zero-order valence-electron chi connectivity index (χ0n) is 13.5. The van der Waals surface area contributed by atoms with Crippen LogP contribution in [0, 0.1) is 0 Å². The number of rotatable bonds is 3. The summed E-state index contributed by atoms with van der Waals surface area (Å²) in [5, 5.41) is 0.356. The van der Waals surface area contributed by atoms with Crippen molar-refractivity contribution >= 4 is 34.1 Å². The first kappa shape index (κ1) is 15.5. The van der Waals surface area contributed by atoms with E-state index >= 15 is 0 Å². The Hall–Kier alpha value is -3.05. The van der Waals surface area contributed by atoms with Gasteiger partial charge in [-0.3, -0.25) is 4.98 Å². The van der Waals surface area contributed by atoms with E-state index in [-0.39, 0.29) is 0 Å².